The zero-order valence-electron chi connectivity index (χ0n) is 15.3. The number of esters is 1. The van der Waals surface area contributed by atoms with Crippen LogP contribution in [0.3, 0.4) is 0 Å². The van der Waals surface area contributed by atoms with E-state index in [1.807, 2.05) is 18.2 Å². The van der Waals surface area contributed by atoms with Crippen molar-refractivity contribution in [3.05, 3.63) is 78.5 Å². The Morgan fingerprint density at radius 2 is 1.57 bits per heavy atom. The van der Waals surface area contributed by atoms with Gasteiger partial charge in [0.15, 0.2) is 0 Å². The average Bonchev–Trinajstić information content (AvgIpc) is 2.71. The molecular weight excluding hydrogens is 356 g/mol. The Bertz CT molecular complexity index is 926. The second-order valence-electron chi connectivity index (χ2n) is 5.80. The maximum Gasteiger partial charge on any atom is 0.338 e. The Morgan fingerprint density at radius 3 is 2.21 bits per heavy atom. The summed E-state index contributed by atoms with van der Waals surface area (Å²) in [5.74, 6) is 0.0802. The van der Waals surface area contributed by atoms with Gasteiger partial charge in [-0.1, -0.05) is 18.2 Å². The van der Waals surface area contributed by atoms with E-state index in [2.05, 4.69) is 20.9 Å². The lowest BCUT2D eigenvalue weighted by Gasteiger charge is -2.09. The number of para-hydroxylation sites is 1. The fraction of sp³-hybridized carbons (Fsp3) is 0.0952. The Balaban J connectivity index is 1.55. The summed E-state index contributed by atoms with van der Waals surface area (Å²) in [4.78, 5) is 27.9. The number of hydrogen-bond donors (Lipinski definition) is 3. The Labute approximate surface area is 162 Å². The Hall–Kier alpha value is -3.87. The summed E-state index contributed by atoms with van der Waals surface area (Å²) in [7, 11) is 0. The molecule has 142 valence electrons. The summed E-state index contributed by atoms with van der Waals surface area (Å²) in [6.45, 7) is 2.11. The van der Waals surface area contributed by atoms with Crippen molar-refractivity contribution in [2.75, 3.05) is 22.6 Å². The van der Waals surface area contributed by atoms with Crippen molar-refractivity contribution in [2.24, 2.45) is 0 Å². The zero-order chi connectivity index (χ0) is 19.8. The van der Waals surface area contributed by atoms with Crippen LogP contribution in [-0.4, -0.2) is 23.6 Å². The van der Waals surface area contributed by atoms with Gasteiger partial charge in [-0.05, 0) is 55.5 Å². The second-order valence-corrected chi connectivity index (χ2v) is 5.80. The van der Waals surface area contributed by atoms with Crippen LogP contribution >= 0.6 is 0 Å². The maximum atomic E-state index is 12.0. The fourth-order valence-corrected chi connectivity index (χ4v) is 2.41. The van der Waals surface area contributed by atoms with E-state index in [9.17, 15) is 9.59 Å². The number of rotatable bonds is 6. The van der Waals surface area contributed by atoms with Crippen molar-refractivity contribution in [3.8, 4) is 0 Å². The van der Waals surface area contributed by atoms with Crippen LogP contribution in [0, 0.1) is 0 Å². The minimum absolute atomic E-state index is 0.342. The third-order valence-corrected chi connectivity index (χ3v) is 3.72. The maximum absolute atomic E-state index is 12.0. The lowest BCUT2D eigenvalue weighted by Crippen LogP contribution is -2.19. The van der Waals surface area contributed by atoms with Crippen molar-refractivity contribution in [2.45, 2.75) is 6.92 Å². The van der Waals surface area contributed by atoms with Crippen molar-refractivity contribution in [1.29, 1.82) is 0 Å². The van der Waals surface area contributed by atoms with Crippen LogP contribution < -0.4 is 16.0 Å². The molecule has 0 bridgehead atoms. The molecule has 0 unspecified atom stereocenters. The molecule has 7 heteroatoms. The normalized spacial score (nSPS) is 10.0. The van der Waals surface area contributed by atoms with Crippen molar-refractivity contribution >= 4 is 34.9 Å². The number of nitrogens with zero attached hydrogens (tertiary/aromatic N) is 1. The molecule has 0 radical (unpaired) electrons. The number of urea groups is 1. The highest BCUT2D eigenvalue weighted by molar-refractivity contribution is 5.99. The number of ether oxygens (including phenoxy) is 1. The first-order valence-corrected chi connectivity index (χ1v) is 8.77. The van der Waals surface area contributed by atoms with Gasteiger partial charge in [-0.25, -0.2) is 14.6 Å². The molecule has 0 fully saturated rings. The summed E-state index contributed by atoms with van der Waals surface area (Å²) in [5, 5.41) is 8.58. The first-order valence-electron chi connectivity index (χ1n) is 8.77. The molecule has 7 nitrogen and oxygen atoms in total. The first kappa shape index (κ1) is 18.9. The van der Waals surface area contributed by atoms with Crippen molar-refractivity contribution in [1.82, 2.24) is 4.98 Å². The molecule has 3 rings (SSSR count). The van der Waals surface area contributed by atoms with Gasteiger partial charge in [-0.15, -0.1) is 0 Å². The molecule has 3 aromatic rings. The van der Waals surface area contributed by atoms with E-state index in [0.29, 0.717) is 23.7 Å². The zero-order valence-corrected chi connectivity index (χ0v) is 15.3. The molecule has 2 aromatic carbocycles. The highest BCUT2D eigenvalue weighted by atomic mass is 16.5. The molecule has 28 heavy (non-hydrogen) atoms. The molecule has 1 aromatic heterocycles. The van der Waals surface area contributed by atoms with Crippen LogP contribution in [0.2, 0.25) is 0 Å². The van der Waals surface area contributed by atoms with Crippen LogP contribution in [0.4, 0.5) is 27.7 Å². The molecular formula is C21H20N4O3. The molecule has 0 aliphatic heterocycles. The number of amides is 2. The Kier molecular flexibility index (Phi) is 6.20. The number of carbonyl (C=O) groups is 2. The van der Waals surface area contributed by atoms with Gasteiger partial charge in [-0.3, -0.25) is 5.32 Å². The van der Waals surface area contributed by atoms with E-state index >= 15 is 0 Å². The van der Waals surface area contributed by atoms with Crippen molar-refractivity contribution in [3.63, 3.8) is 0 Å². The van der Waals surface area contributed by atoms with E-state index in [1.54, 1.807) is 61.7 Å². The molecule has 0 saturated heterocycles. The largest absolute Gasteiger partial charge is 0.462 e. The number of anilines is 4. The van der Waals surface area contributed by atoms with Crippen LogP contribution in [0.5, 0.6) is 0 Å². The number of hydrogen-bond acceptors (Lipinski definition) is 5. The first-order chi connectivity index (χ1) is 13.6. The average molecular weight is 376 g/mol. The quantitative estimate of drug-likeness (QED) is 0.545. The van der Waals surface area contributed by atoms with Gasteiger partial charge in [0.1, 0.15) is 5.82 Å². The van der Waals surface area contributed by atoms with Gasteiger partial charge in [0, 0.05) is 11.4 Å². The monoisotopic (exact) mass is 376 g/mol. The molecule has 0 atom stereocenters. The van der Waals surface area contributed by atoms with E-state index in [1.165, 1.54) is 0 Å². The van der Waals surface area contributed by atoms with Gasteiger partial charge in [-0.2, -0.15) is 0 Å². The minimum atomic E-state index is -0.367. The van der Waals surface area contributed by atoms with Crippen LogP contribution in [0.15, 0.2) is 72.9 Å². The topological polar surface area (TPSA) is 92.4 Å². The van der Waals surface area contributed by atoms with Gasteiger partial charge in [0.05, 0.1) is 24.1 Å². The van der Waals surface area contributed by atoms with E-state index in [-0.39, 0.29) is 12.0 Å². The van der Waals surface area contributed by atoms with Crippen molar-refractivity contribution < 1.29 is 14.3 Å². The molecule has 3 N–H and O–H groups in total. The minimum Gasteiger partial charge on any atom is -0.462 e. The highest BCUT2D eigenvalue weighted by Gasteiger charge is 2.06. The van der Waals surface area contributed by atoms with Gasteiger partial charge in [0.2, 0.25) is 0 Å². The molecule has 0 saturated carbocycles. The van der Waals surface area contributed by atoms with Crippen LogP contribution in [0.1, 0.15) is 17.3 Å². The molecule has 0 aliphatic carbocycles. The highest BCUT2D eigenvalue weighted by Crippen LogP contribution is 2.18. The summed E-state index contributed by atoms with van der Waals surface area (Å²) in [5.41, 5.74) is 2.74. The summed E-state index contributed by atoms with van der Waals surface area (Å²) in [6, 6.07) is 19.2. The SMILES string of the molecule is CCOC(=O)c1ccc(Nc2ccc(NC(=O)Nc3ccccc3)nc2)cc1. The fourth-order valence-electron chi connectivity index (χ4n) is 2.41. The number of benzene rings is 2. The Morgan fingerprint density at radius 1 is 0.857 bits per heavy atom. The summed E-state index contributed by atoms with van der Waals surface area (Å²) < 4.78 is 4.96. The van der Waals surface area contributed by atoms with E-state index in [4.69, 9.17) is 4.74 Å². The number of nitrogens with one attached hydrogen (secondary N) is 3. The van der Waals surface area contributed by atoms with Gasteiger partial charge in [0.25, 0.3) is 0 Å². The second kappa shape index (κ2) is 9.18. The van der Waals surface area contributed by atoms with Crippen LogP contribution in [-0.2, 0) is 4.74 Å². The third-order valence-electron chi connectivity index (χ3n) is 3.72. The molecule has 2 amide bonds. The van der Waals surface area contributed by atoms with Gasteiger partial charge >= 0.3 is 12.0 Å². The number of aromatic nitrogens is 1. The van der Waals surface area contributed by atoms with E-state index in [0.717, 1.165) is 11.4 Å². The third kappa shape index (κ3) is 5.31. The molecule has 0 aliphatic rings. The standard InChI is InChI=1S/C21H20N4O3/c1-2-28-20(26)15-8-10-17(11-9-15)23-18-12-13-19(22-14-18)25-21(27)24-16-6-4-3-5-7-16/h3-14,23H,2H2,1H3,(H2,22,24,25,27). The smallest absolute Gasteiger partial charge is 0.338 e. The summed E-state index contributed by atoms with van der Waals surface area (Å²) in [6.07, 6.45) is 1.61. The van der Waals surface area contributed by atoms with Gasteiger partial charge < -0.3 is 15.4 Å². The number of carbonyl (C=O) groups excluding carboxylic acids is 2. The lowest BCUT2D eigenvalue weighted by molar-refractivity contribution is 0.0526. The molecule has 0 spiro atoms. The molecule has 1 heterocycles. The predicted octanol–water partition coefficient (Wildman–Crippen LogP) is 4.65. The van der Waals surface area contributed by atoms with Crippen LogP contribution in [0.25, 0.3) is 0 Å². The van der Waals surface area contributed by atoms with E-state index < -0.39 is 0 Å². The summed E-state index contributed by atoms with van der Waals surface area (Å²) >= 11 is 0. The predicted molar refractivity (Wildman–Crippen MR) is 109 cm³/mol. The number of pyridine rings is 1. The lowest BCUT2D eigenvalue weighted by atomic mass is 10.2.